The molecular weight excluding hydrogens is 198 g/mol. The smallest absolute Gasteiger partial charge is 0.307 e. The summed E-state index contributed by atoms with van der Waals surface area (Å²) < 4.78 is 4.70. The summed E-state index contributed by atoms with van der Waals surface area (Å²) in [6.45, 7) is 2.35. The molecule has 1 amide bonds. The Balaban J connectivity index is 2.21. The number of aromatic amines is 1. The molecule has 0 spiro atoms. The van der Waals surface area contributed by atoms with Crippen LogP contribution in [0.2, 0.25) is 0 Å². The van der Waals surface area contributed by atoms with Crippen LogP contribution in [0.15, 0.2) is 12.5 Å². The first-order chi connectivity index (χ1) is 7.24. The number of ether oxygens (including phenoxy) is 1. The first-order valence-corrected chi connectivity index (χ1v) is 4.66. The zero-order valence-electron chi connectivity index (χ0n) is 8.45. The first-order valence-electron chi connectivity index (χ1n) is 4.66. The predicted molar refractivity (Wildman–Crippen MR) is 52.2 cm³/mol. The molecule has 1 heterocycles. The fraction of sp³-hybridized carbons (Fsp3) is 0.444. The maximum Gasteiger partial charge on any atom is 0.307 e. The number of amides is 1. The second-order valence-electron chi connectivity index (χ2n) is 2.78. The minimum atomic E-state index is -0.317. The van der Waals surface area contributed by atoms with Gasteiger partial charge in [0.15, 0.2) is 0 Å². The van der Waals surface area contributed by atoms with Crippen molar-refractivity contribution in [2.75, 3.05) is 13.2 Å². The third-order valence-electron chi connectivity index (χ3n) is 1.66. The lowest BCUT2D eigenvalue weighted by Gasteiger charge is -2.03. The minimum absolute atomic E-state index is 0.174. The normalized spacial score (nSPS) is 9.67. The standard InChI is InChI=1S/C9H13N3O3/c1-2-15-8(13)3-4-11-9(14)7-5-10-6-12-7/h5-6H,2-4H2,1H3,(H,10,12)(H,11,14). The zero-order valence-corrected chi connectivity index (χ0v) is 8.45. The summed E-state index contributed by atoms with van der Waals surface area (Å²) in [5.74, 6) is -0.598. The average Bonchev–Trinajstić information content (AvgIpc) is 2.70. The molecule has 6 nitrogen and oxygen atoms in total. The van der Waals surface area contributed by atoms with Crippen LogP contribution in [0.5, 0.6) is 0 Å². The molecule has 0 unspecified atom stereocenters. The molecule has 0 atom stereocenters. The number of hydrogen-bond donors (Lipinski definition) is 2. The largest absolute Gasteiger partial charge is 0.466 e. The Hall–Kier alpha value is -1.85. The van der Waals surface area contributed by atoms with Crippen molar-refractivity contribution in [1.82, 2.24) is 15.3 Å². The number of aromatic nitrogens is 2. The maximum absolute atomic E-state index is 11.3. The lowest BCUT2D eigenvalue weighted by Crippen LogP contribution is -2.26. The van der Waals surface area contributed by atoms with Gasteiger partial charge < -0.3 is 15.0 Å². The summed E-state index contributed by atoms with van der Waals surface area (Å²) >= 11 is 0. The van der Waals surface area contributed by atoms with E-state index in [1.54, 1.807) is 6.92 Å². The number of carbonyl (C=O) groups is 2. The quantitative estimate of drug-likeness (QED) is 0.676. The van der Waals surface area contributed by atoms with E-state index in [9.17, 15) is 9.59 Å². The lowest BCUT2D eigenvalue weighted by molar-refractivity contribution is -0.142. The summed E-state index contributed by atoms with van der Waals surface area (Å²) in [6, 6.07) is 0. The topological polar surface area (TPSA) is 84.1 Å². The van der Waals surface area contributed by atoms with Crippen LogP contribution >= 0.6 is 0 Å². The van der Waals surface area contributed by atoms with Crippen LogP contribution in [-0.4, -0.2) is 35.0 Å². The lowest BCUT2D eigenvalue weighted by atomic mass is 10.4. The van der Waals surface area contributed by atoms with E-state index in [-0.39, 0.29) is 24.8 Å². The fourth-order valence-corrected chi connectivity index (χ4v) is 0.987. The van der Waals surface area contributed by atoms with E-state index in [0.29, 0.717) is 12.3 Å². The fourth-order valence-electron chi connectivity index (χ4n) is 0.987. The SMILES string of the molecule is CCOC(=O)CCNC(=O)c1cnc[nH]1. The van der Waals surface area contributed by atoms with Gasteiger partial charge in [-0.05, 0) is 6.92 Å². The van der Waals surface area contributed by atoms with Crippen molar-refractivity contribution in [3.63, 3.8) is 0 Å². The van der Waals surface area contributed by atoms with E-state index >= 15 is 0 Å². The average molecular weight is 211 g/mol. The summed E-state index contributed by atoms with van der Waals surface area (Å²) in [6.07, 6.45) is 3.01. The molecule has 0 aliphatic carbocycles. The highest BCUT2D eigenvalue weighted by Crippen LogP contribution is 1.91. The Labute approximate surface area is 87.0 Å². The van der Waals surface area contributed by atoms with Crippen LogP contribution in [-0.2, 0) is 9.53 Å². The van der Waals surface area contributed by atoms with Crippen molar-refractivity contribution in [2.45, 2.75) is 13.3 Å². The zero-order chi connectivity index (χ0) is 11.1. The Morgan fingerprint density at radius 1 is 1.60 bits per heavy atom. The Kier molecular flexibility index (Phi) is 4.33. The molecule has 0 fully saturated rings. The monoisotopic (exact) mass is 211 g/mol. The molecule has 0 saturated heterocycles. The van der Waals surface area contributed by atoms with Gasteiger partial charge in [-0.3, -0.25) is 9.59 Å². The molecule has 0 aliphatic heterocycles. The highest BCUT2D eigenvalue weighted by molar-refractivity contribution is 5.92. The van der Waals surface area contributed by atoms with Crippen molar-refractivity contribution < 1.29 is 14.3 Å². The van der Waals surface area contributed by atoms with E-state index in [1.807, 2.05) is 0 Å². The van der Waals surface area contributed by atoms with Gasteiger partial charge in [-0.2, -0.15) is 0 Å². The second-order valence-corrected chi connectivity index (χ2v) is 2.78. The van der Waals surface area contributed by atoms with Crippen LogP contribution in [0.25, 0.3) is 0 Å². The van der Waals surface area contributed by atoms with Gasteiger partial charge in [0.2, 0.25) is 0 Å². The molecular formula is C9H13N3O3. The minimum Gasteiger partial charge on any atom is -0.466 e. The molecule has 1 aromatic rings. The van der Waals surface area contributed by atoms with Crippen molar-refractivity contribution in [3.05, 3.63) is 18.2 Å². The maximum atomic E-state index is 11.3. The Morgan fingerprint density at radius 3 is 3.00 bits per heavy atom. The molecule has 15 heavy (non-hydrogen) atoms. The number of imidazole rings is 1. The van der Waals surface area contributed by atoms with Crippen LogP contribution < -0.4 is 5.32 Å². The number of esters is 1. The van der Waals surface area contributed by atoms with E-state index in [0.717, 1.165) is 0 Å². The van der Waals surface area contributed by atoms with Crippen LogP contribution in [0.4, 0.5) is 0 Å². The van der Waals surface area contributed by atoms with Gasteiger partial charge >= 0.3 is 5.97 Å². The van der Waals surface area contributed by atoms with Gasteiger partial charge in [-0.25, -0.2) is 4.98 Å². The third-order valence-corrected chi connectivity index (χ3v) is 1.66. The molecule has 6 heteroatoms. The van der Waals surface area contributed by atoms with Gasteiger partial charge in [0.05, 0.1) is 25.6 Å². The molecule has 0 aromatic carbocycles. The molecule has 0 saturated carbocycles. The molecule has 82 valence electrons. The van der Waals surface area contributed by atoms with Gasteiger partial charge in [-0.15, -0.1) is 0 Å². The highest BCUT2D eigenvalue weighted by Gasteiger charge is 2.07. The van der Waals surface area contributed by atoms with Crippen LogP contribution in [0.3, 0.4) is 0 Å². The second kappa shape index (κ2) is 5.79. The van der Waals surface area contributed by atoms with E-state index < -0.39 is 0 Å². The van der Waals surface area contributed by atoms with Gasteiger partial charge in [-0.1, -0.05) is 0 Å². The summed E-state index contributed by atoms with van der Waals surface area (Å²) in [5.41, 5.74) is 0.374. The number of nitrogens with one attached hydrogen (secondary N) is 2. The highest BCUT2D eigenvalue weighted by atomic mass is 16.5. The Morgan fingerprint density at radius 2 is 2.40 bits per heavy atom. The van der Waals surface area contributed by atoms with E-state index in [1.165, 1.54) is 12.5 Å². The number of carbonyl (C=O) groups excluding carboxylic acids is 2. The molecule has 0 bridgehead atoms. The molecule has 2 N–H and O–H groups in total. The number of rotatable bonds is 5. The molecule has 0 radical (unpaired) electrons. The first kappa shape index (κ1) is 11.2. The summed E-state index contributed by atoms with van der Waals surface area (Å²) in [5, 5.41) is 2.56. The van der Waals surface area contributed by atoms with E-state index in [2.05, 4.69) is 15.3 Å². The Bertz CT molecular complexity index is 321. The van der Waals surface area contributed by atoms with Crippen molar-refractivity contribution >= 4 is 11.9 Å². The predicted octanol–water partition coefficient (Wildman–Crippen LogP) is 0.0927. The van der Waals surface area contributed by atoms with Gasteiger partial charge in [0.1, 0.15) is 5.69 Å². The van der Waals surface area contributed by atoms with E-state index in [4.69, 9.17) is 4.74 Å². The summed E-state index contributed by atoms with van der Waals surface area (Å²) in [4.78, 5) is 28.6. The number of H-pyrrole nitrogens is 1. The molecule has 1 aromatic heterocycles. The van der Waals surface area contributed by atoms with Crippen molar-refractivity contribution in [1.29, 1.82) is 0 Å². The third kappa shape index (κ3) is 3.80. The van der Waals surface area contributed by atoms with Gasteiger partial charge in [0.25, 0.3) is 5.91 Å². The molecule has 1 rings (SSSR count). The van der Waals surface area contributed by atoms with Gasteiger partial charge in [0, 0.05) is 6.54 Å². The molecule has 0 aliphatic rings. The number of nitrogens with zero attached hydrogens (tertiary/aromatic N) is 1. The van der Waals surface area contributed by atoms with Crippen LogP contribution in [0, 0.1) is 0 Å². The van der Waals surface area contributed by atoms with Crippen molar-refractivity contribution in [2.24, 2.45) is 0 Å². The van der Waals surface area contributed by atoms with Crippen LogP contribution in [0.1, 0.15) is 23.8 Å². The number of hydrogen-bond acceptors (Lipinski definition) is 4. The summed E-state index contributed by atoms with van der Waals surface area (Å²) in [7, 11) is 0. The van der Waals surface area contributed by atoms with Crippen molar-refractivity contribution in [3.8, 4) is 0 Å².